The van der Waals surface area contributed by atoms with Crippen molar-refractivity contribution in [3.8, 4) is 17.0 Å². The van der Waals surface area contributed by atoms with E-state index in [-0.39, 0.29) is 6.10 Å². The van der Waals surface area contributed by atoms with Crippen LogP contribution in [0.5, 0.6) is 5.75 Å². The highest BCUT2D eigenvalue weighted by molar-refractivity contribution is 7.15. The van der Waals surface area contributed by atoms with Gasteiger partial charge in [0.2, 0.25) is 0 Å². The molecule has 5 nitrogen and oxygen atoms in total. The minimum Gasteiger partial charge on any atom is -0.491 e. The van der Waals surface area contributed by atoms with Crippen LogP contribution in [-0.4, -0.2) is 43.2 Å². The lowest BCUT2D eigenvalue weighted by atomic mass is 10.1. The standard InChI is InChI=1S/C17H26N4OS/c1-12(2)22-14-7-5-13(6-8-14)16-15(23-17(18)20-16)11-21(4)10-9-19-3/h5-8,12,19H,9-11H2,1-4H3,(H2,18,20). The van der Waals surface area contributed by atoms with E-state index >= 15 is 0 Å². The van der Waals surface area contributed by atoms with Gasteiger partial charge in [-0.25, -0.2) is 4.98 Å². The molecule has 0 bridgehead atoms. The Morgan fingerprint density at radius 1 is 1.30 bits per heavy atom. The summed E-state index contributed by atoms with van der Waals surface area (Å²) in [6.07, 6.45) is 0.173. The van der Waals surface area contributed by atoms with E-state index in [9.17, 15) is 0 Å². The van der Waals surface area contributed by atoms with E-state index in [2.05, 4.69) is 22.2 Å². The summed E-state index contributed by atoms with van der Waals surface area (Å²) in [5, 5.41) is 3.78. The Hall–Kier alpha value is -1.63. The van der Waals surface area contributed by atoms with Crippen molar-refractivity contribution < 1.29 is 4.74 Å². The molecule has 0 amide bonds. The van der Waals surface area contributed by atoms with Gasteiger partial charge in [-0.3, -0.25) is 4.90 Å². The number of anilines is 1. The topological polar surface area (TPSA) is 63.4 Å². The van der Waals surface area contributed by atoms with E-state index in [0.717, 1.165) is 36.6 Å². The zero-order valence-electron chi connectivity index (χ0n) is 14.3. The van der Waals surface area contributed by atoms with Crippen molar-refractivity contribution in [2.24, 2.45) is 0 Å². The van der Waals surface area contributed by atoms with Gasteiger partial charge >= 0.3 is 0 Å². The molecule has 0 saturated carbocycles. The van der Waals surface area contributed by atoms with Crippen LogP contribution in [0.1, 0.15) is 18.7 Å². The number of nitrogen functional groups attached to an aromatic ring is 1. The van der Waals surface area contributed by atoms with Gasteiger partial charge in [-0.15, -0.1) is 11.3 Å². The first-order valence-electron chi connectivity index (χ1n) is 7.85. The largest absolute Gasteiger partial charge is 0.491 e. The molecular weight excluding hydrogens is 308 g/mol. The molecule has 0 spiro atoms. The second-order valence-corrected chi connectivity index (χ2v) is 6.97. The van der Waals surface area contributed by atoms with Gasteiger partial charge in [0.15, 0.2) is 5.13 Å². The van der Waals surface area contributed by atoms with Crippen LogP contribution in [0, 0.1) is 0 Å². The smallest absolute Gasteiger partial charge is 0.180 e. The Morgan fingerprint density at radius 3 is 2.61 bits per heavy atom. The van der Waals surface area contributed by atoms with Gasteiger partial charge in [-0.1, -0.05) is 0 Å². The number of thiazole rings is 1. The molecule has 6 heteroatoms. The molecule has 0 atom stereocenters. The quantitative estimate of drug-likeness (QED) is 0.777. The van der Waals surface area contributed by atoms with Crippen molar-refractivity contribution >= 4 is 16.5 Å². The summed E-state index contributed by atoms with van der Waals surface area (Å²) in [4.78, 5) is 7.98. The first kappa shape index (κ1) is 17.7. The summed E-state index contributed by atoms with van der Waals surface area (Å²) < 4.78 is 5.69. The monoisotopic (exact) mass is 334 g/mol. The van der Waals surface area contributed by atoms with Crippen LogP contribution in [0.4, 0.5) is 5.13 Å². The lowest BCUT2D eigenvalue weighted by Crippen LogP contribution is -2.26. The number of nitrogens with two attached hydrogens (primary N) is 1. The maximum absolute atomic E-state index is 5.94. The number of benzene rings is 1. The fourth-order valence-electron chi connectivity index (χ4n) is 2.29. The number of likely N-dealkylation sites (N-methyl/N-ethyl adjacent to an activating group) is 2. The molecule has 1 aromatic heterocycles. The molecule has 1 aromatic carbocycles. The van der Waals surface area contributed by atoms with E-state index in [1.54, 1.807) is 11.3 Å². The van der Waals surface area contributed by atoms with Crippen molar-refractivity contribution in [1.82, 2.24) is 15.2 Å². The maximum atomic E-state index is 5.94. The molecule has 1 heterocycles. The number of aromatic nitrogens is 1. The van der Waals surface area contributed by atoms with Gasteiger partial charge in [0.25, 0.3) is 0 Å². The molecule has 0 aliphatic carbocycles. The zero-order valence-corrected chi connectivity index (χ0v) is 15.1. The van der Waals surface area contributed by atoms with E-state index in [1.807, 2.05) is 45.2 Å². The zero-order chi connectivity index (χ0) is 16.8. The highest BCUT2D eigenvalue weighted by Gasteiger charge is 2.14. The predicted molar refractivity (Wildman–Crippen MR) is 98.0 cm³/mol. The van der Waals surface area contributed by atoms with Gasteiger partial charge in [0, 0.05) is 30.1 Å². The lowest BCUT2D eigenvalue weighted by molar-refractivity contribution is 0.242. The number of nitrogens with one attached hydrogen (secondary N) is 1. The van der Waals surface area contributed by atoms with Gasteiger partial charge in [0.1, 0.15) is 5.75 Å². The maximum Gasteiger partial charge on any atom is 0.180 e. The molecule has 126 valence electrons. The molecule has 0 fully saturated rings. The minimum atomic E-state index is 0.173. The molecule has 3 N–H and O–H groups in total. The fraction of sp³-hybridized carbons (Fsp3) is 0.471. The average molecular weight is 334 g/mol. The molecule has 0 aliphatic heterocycles. The third kappa shape index (κ3) is 5.20. The van der Waals surface area contributed by atoms with Crippen LogP contribution in [0.3, 0.4) is 0 Å². The van der Waals surface area contributed by atoms with Gasteiger partial charge in [-0.2, -0.15) is 0 Å². The summed E-state index contributed by atoms with van der Waals surface area (Å²) in [7, 11) is 4.07. The summed E-state index contributed by atoms with van der Waals surface area (Å²) in [5.41, 5.74) is 7.99. The van der Waals surface area contributed by atoms with Crippen molar-refractivity contribution in [3.63, 3.8) is 0 Å². The van der Waals surface area contributed by atoms with Crippen LogP contribution >= 0.6 is 11.3 Å². The van der Waals surface area contributed by atoms with E-state index in [1.165, 1.54) is 4.88 Å². The van der Waals surface area contributed by atoms with Crippen LogP contribution in [0.2, 0.25) is 0 Å². The van der Waals surface area contributed by atoms with Crippen LogP contribution in [0.25, 0.3) is 11.3 Å². The Labute approximate surface area is 142 Å². The Kier molecular flexibility index (Phi) is 6.38. The number of ether oxygens (including phenoxy) is 1. The van der Waals surface area contributed by atoms with E-state index < -0.39 is 0 Å². The summed E-state index contributed by atoms with van der Waals surface area (Å²) in [6.45, 7) is 6.83. The third-order valence-corrected chi connectivity index (χ3v) is 4.24. The molecule has 0 unspecified atom stereocenters. The normalized spacial score (nSPS) is 11.4. The Bertz CT molecular complexity index is 610. The average Bonchev–Trinajstić information content (AvgIpc) is 2.86. The second-order valence-electron chi connectivity index (χ2n) is 5.86. The second kappa shape index (κ2) is 8.29. The number of rotatable bonds is 8. The Balaban J connectivity index is 2.15. The third-order valence-electron chi connectivity index (χ3n) is 3.37. The van der Waals surface area contributed by atoms with Crippen molar-refractivity contribution in [1.29, 1.82) is 0 Å². The highest BCUT2D eigenvalue weighted by atomic mass is 32.1. The lowest BCUT2D eigenvalue weighted by Gasteiger charge is -2.16. The molecular formula is C17H26N4OS. The molecule has 0 radical (unpaired) electrons. The van der Waals surface area contributed by atoms with Crippen LogP contribution in [0.15, 0.2) is 24.3 Å². The Morgan fingerprint density at radius 2 is 2.00 bits per heavy atom. The molecule has 23 heavy (non-hydrogen) atoms. The summed E-state index contributed by atoms with van der Waals surface area (Å²) in [5.74, 6) is 0.875. The van der Waals surface area contributed by atoms with E-state index in [0.29, 0.717) is 5.13 Å². The fourth-order valence-corrected chi connectivity index (χ4v) is 3.23. The molecule has 2 rings (SSSR count). The number of nitrogens with zero attached hydrogens (tertiary/aromatic N) is 2. The van der Waals surface area contributed by atoms with Gasteiger partial charge in [0.05, 0.1) is 11.8 Å². The summed E-state index contributed by atoms with van der Waals surface area (Å²) >= 11 is 1.56. The predicted octanol–water partition coefficient (Wildman–Crippen LogP) is 2.83. The molecule has 0 aliphatic rings. The SMILES string of the molecule is CNCCN(C)Cc1sc(N)nc1-c1ccc(OC(C)C)cc1. The summed E-state index contributed by atoms with van der Waals surface area (Å²) in [6, 6.07) is 8.06. The highest BCUT2D eigenvalue weighted by Crippen LogP contribution is 2.31. The first-order valence-corrected chi connectivity index (χ1v) is 8.66. The minimum absolute atomic E-state index is 0.173. The number of hydrogen-bond donors (Lipinski definition) is 2. The molecule has 2 aromatic rings. The van der Waals surface area contributed by atoms with Gasteiger partial charge in [-0.05, 0) is 52.2 Å². The molecule has 0 saturated heterocycles. The van der Waals surface area contributed by atoms with Crippen molar-refractivity contribution in [3.05, 3.63) is 29.1 Å². The van der Waals surface area contributed by atoms with Crippen LogP contribution in [-0.2, 0) is 6.54 Å². The van der Waals surface area contributed by atoms with E-state index in [4.69, 9.17) is 10.5 Å². The van der Waals surface area contributed by atoms with Crippen molar-refractivity contribution in [2.45, 2.75) is 26.5 Å². The van der Waals surface area contributed by atoms with Gasteiger partial charge < -0.3 is 15.8 Å². The first-order chi connectivity index (χ1) is 11.0. The van der Waals surface area contributed by atoms with Crippen molar-refractivity contribution in [2.75, 3.05) is 32.9 Å². The van der Waals surface area contributed by atoms with Crippen LogP contribution < -0.4 is 15.8 Å². The number of hydrogen-bond acceptors (Lipinski definition) is 6.